The van der Waals surface area contributed by atoms with Gasteiger partial charge < -0.3 is 10.0 Å². The number of aromatic nitrogens is 1. The molecule has 0 spiro atoms. The Hall–Kier alpha value is -2.61. The molecule has 1 aromatic heterocycles. The molecular weight excluding hydrogens is 402 g/mol. The van der Waals surface area contributed by atoms with Crippen LogP contribution in [0.4, 0.5) is 11.6 Å². The van der Waals surface area contributed by atoms with Crippen LogP contribution in [-0.4, -0.2) is 43.3 Å². The van der Waals surface area contributed by atoms with Crippen LogP contribution in [-0.2, 0) is 16.6 Å². The minimum Gasteiger partial charge on any atom is -0.478 e. The number of nitrogens with zero attached hydrogens (tertiary/aromatic N) is 3. The highest BCUT2D eigenvalue weighted by Crippen LogP contribution is 2.39. The molecule has 1 aromatic carbocycles. The Morgan fingerprint density at radius 2 is 1.80 bits per heavy atom. The maximum Gasteiger partial charge on any atom is 0.335 e. The summed E-state index contributed by atoms with van der Waals surface area (Å²) in [6.45, 7) is 6.68. The third kappa shape index (κ3) is 4.92. The van der Waals surface area contributed by atoms with Gasteiger partial charge in [-0.2, -0.15) is 0 Å². The first-order valence-electron chi connectivity index (χ1n) is 10.1. The normalized spacial score (nSPS) is 18.3. The molecule has 1 aliphatic rings. The van der Waals surface area contributed by atoms with Gasteiger partial charge in [-0.15, -0.1) is 0 Å². The molecule has 1 heterocycles. The van der Waals surface area contributed by atoms with Gasteiger partial charge in [0, 0.05) is 20.1 Å². The van der Waals surface area contributed by atoms with Gasteiger partial charge in [0.1, 0.15) is 11.6 Å². The molecule has 2 aromatic rings. The van der Waals surface area contributed by atoms with Gasteiger partial charge in [0.25, 0.3) is 0 Å². The summed E-state index contributed by atoms with van der Waals surface area (Å²) in [6, 6.07) is 12.7. The Morgan fingerprint density at radius 3 is 2.33 bits per heavy atom. The molecule has 1 fully saturated rings. The number of pyridine rings is 1. The number of anilines is 2. The Bertz CT molecular complexity index is 1010. The summed E-state index contributed by atoms with van der Waals surface area (Å²) in [5.74, 6) is 0.604. The lowest BCUT2D eigenvalue weighted by Gasteiger charge is -2.27. The van der Waals surface area contributed by atoms with E-state index in [9.17, 15) is 18.3 Å². The van der Waals surface area contributed by atoms with E-state index in [0.29, 0.717) is 24.2 Å². The van der Waals surface area contributed by atoms with E-state index < -0.39 is 21.2 Å². The fraction of sp³-hybridized carbons (Fsp3) is 0.455. The first kappa shape index (κ1) is 22.1. The molecule has 162 valence electrons. The molecule has 1 aliphatic carbocycles. The number of sulfonamides is 1. The summed E-state index contributed by atoms with van der Waals surface area (Å²) in [7, 11) is -2.22. The van der Waals surface area contributed by atoms with Crippen LogP contribution in [0.15, 0.2) is 42.5 Å². The van der Waals surface area contributed by atoms with E-state index >= 15 is 0 Å². The minimum atomic E-state index is -3.63. The van der Waals surface area contributed by atoms with Crippen molar-refractivity contribution in [2.75, 3.05) is 22.8 Å². The van der Waals surface area contributed by atoms with Gasteiger partial charge in [-0.05, 0) is 49.8 Å². The smallest absolute Gasteiger partial charge is 0.335 e. The summed E-state index contributed by atoms with van der Waals surface area (Å²) in [5, 5.41) is 8.98. The zero-order valence-electron chi connectivity index (χ0n) is 17.8. The maximum atomic E-state index is 12.6. The topological polar surface area (TPSA) is 90.8 Å². The van der Waals surface area contributed by atoms with E-state index in [4.69, 9.17) is 0 Å². The Balaban J connectivity index is 2.03. The second-order valence-corrected chi connectivity index (χ2v) is 10.8. The number of aromatic carboxylic acids is 1. The first-order chi connectivity index (χ1) is 14.1. The van der Waals surface area contributed by atoms with Crippen molar-refractivity contribution in [3.63, 3.8) is 0 Å². The molecule has 8 heteroatoms. The molecule has 1 saturated carbocycles. The fourth-order valence-corrected chi connectivity index (χ4v) is 4.36. The zero-order valence-corrected chi connectivity index (χ0v) is 18.6. The van der Waals surface area contributed by atoms with Crippen LogP contribution in [0.2, 0.25) is 0 Å². The van der Waals surface area contributed by atoms with E-state index in [1.54, 1.807) is 13.8 Å². The number of hydrogen-bond acceptors (Lipinski definition) is 5. The van der Waals surface area contributed by atoms with E-state index in [1.807, 2.05) is 30.3 Å². The van der Waals surface area contributed by atoms with Crippen LogP contribution >= 0.6 is 0 Å². The largest absolute Gasteiger partial charge is 0.478 e. The van der Waals surface area contributed by atoms with Crippen molar-refractivity contribution in [2.24, 2.45) is 11.8 Å². The molecular formula is C22H29N3O4S. The van der Waals surface area contributed by atoms with Gasteiger partial charge in [-0.25, -0.2) is 18.2 Å². The summed E-state index contributed by atoms with van der Waals surface area (Å²) in [6.07, 6.45) is 1.12. The number of hydrogen-bond donors (Lipinski definition) is 1. The molecule has 0 radical (unpaired) electrons. The standard InChI is InChI=1S/C22H29N3O4S/c1-15(2)30(28,29)24(4)20-11-18(22(26)27)12-21(23-20)25(14-19-10-16(19)3)13-17-8-6-5-7-9-17/h5-9,11-12,15-16,19H,10,13-14H2,1-4H3,(H,26,27). The maximum absolute atomic E-state index is 12.6. The fourth-order valence-electron chi connectivity index (χ4n) is 3.37. The molecule has 7 nitrogen and oxygen atoms in total. The van der Waals surface area contributed by atoms with Gasteiger partial charge in [-0.3, -0.25) is 4.31 Å². The predicted octanol–water partition coefficient (Wildman–Crippen LogP) is 3.62. The van der Waals surface area contributed by atoms with Gasteiger partial charge in [0.15, 0.2) is 0 Å². The van der Waals surface area contributed by atoms with Gasteiger partial charge in [-0.1, -0.05) is 37.3 Å². The molecule has 0 amide bonds. The van der Waals surface area contributed by atoms with E-state index in [2.05, 4.69) is 16.8 Å². The number of carboxylic acid groups (broad SMARTS) is 1. The van der Waals surface area contributed by atoms with Crippen LogP contribution < -0.4 is 9.21 Å². The van der Waals surface area contributed by atoms with Crippen molar-refractivity contribution in [3.8, 4) is 0 Å². The Labute approximate surface area is 178 Å². The van der Waals surface area contributed by atoms with E-state index in [-0.39, 0.29) is 11.4 Å². The average Bonchev–Trinajstić information content (AvgIpc) is 3.41. The number of rotatable bonds is 9. The quantitative estimate of drug-likeness (QED) is 0.652. The number of carboxylic acids is 1. The van der Waals surface area contributed by atoms with Crippen LogP contribution in [0.25, 0.3) is 0 Å². The second-order valence-electron chi connectivity index (χ2n) is 8.28. The highest BCUT2D eigenvalue weighted by molar-refractivity contribution is 7.93. The van der Waals surface area contributed by atoms with Crippen molar-refractivity contribution < 1.29 is 18.3 Å². The highest BCUT2D eigenvalue weighted by Gasteiger charge is 2.35. The summed E-state index contributed by atoms with van der Waals surface area (Å²) >= 11 is 0. The molecule has 2 atom stereocenters. The van der Waals surface area contributed by atoms with Crippen LogP contribution in [0.1, 0.15) is 43.1 Å². The van der Waals surface area contributed by atoms with Crippen LogP contribution in [0.5, 0.6) is 0 Å². The summed E-state index contributed by atoms with van der Waals surface area (Å²) in [5.41, 5.74) is 1.10. The Kier molecular flexibility index (Phi) is 6.36. The van der Waals surface area contributed by atoms with Crippen molar-refractivity contribution in [2.45, 2.75) is 39.0 Å². The molecule has 3 rings (SSSR count). The first-order valence-corrected chi connectivity index (χ1v) is 11.6. The van der Waals surface area contributed by atoms with Gasteiger partial charge in [0.2, 0.25) is 10.0 Å². The third-order valence-electron chi connectivity index (χ3n) is 5.62. The molecule has 1 N–H and O–H groups in total. The van der Waals surface area contributed by atoms with E-state index in [1.165, 1.54) is 19.2 Å². The number of carbonyl (C=O) groups is 1. The zero-order chi connectivity index (χ0) is 22.1. The molecule has 0 aliphatic heterocycles. The lowest BCUT2D eigenvalue weighted by atomic mass is 10.2. The SMILES string of the molecule is CC1CC1CN(Cc1ccccc1)c1cc(C(=O)O)cc(N(C)S(=O)(=O)C(C)C)n1. The van der Waals surface area contributed by atoms with Crippen molar-refractivity contribution >= 4 is 27.6 Å². The highest BCUT2D eigenvalue weighted by atomic mass is 32.2. The summed E-state index contributed by atoms with van der Waals surface area (Å²) in [4.78, 5) is 18.4. The monoisotopic (exact) mass is 431 g/mol. The van der Waals surface area contributed by atoms with Crippen molar-refractivity contribution in [1.82, 2.24) is 4.98 Å². The molecule has 2 unspecified atom stereocenters. The Morgan fingerprint density at radius 1 is 1.20 bits per heavy atom. The lowest BCUT2D eigenvalue weighted by Crippen LogP contribution is -2.34. The van der Waals surface area contributed by atoms with Crippen molar-refractivity contribution in [1.29, 1.82) is 0 Å². The predicted molar refractivity (Wildman–Crippen MR) is 118 cm³/mol. The molecule has 0 bridgehead atoms. The van der Waals surface area contributed by atoms with Crippen molar-refractivity contribution in [3.05, 3.63) is 53.6 Å². The average molecular weight is 432 g/mol. The van der Waals surface area contributed by atoms with Crippen LogP contribution in [0.3, 0.4) is 0 Å². The third-order valence-corrected chi connectivity index (χ3v) is 7.76. The van der Waals surface area contributed by atoms with Crippen LogP contribution in [0, 0.1) is 11.8 Å². The summed E-state index contributed by atoms with van der Waals surface area (Å²) < 4.78 is 26.4. The van der Waals surface area contributed by atoms with E-state index in [0.717, 1.165) is 22.8 Å². The molecule has 0 saturated heterocycles. The van der Waals surface area contributed by atoms with Gasteiger partial charge >= 0.3 is 5.97 Å². The minimum absolute atomic E-state index is 0.0164. The molecule has 30 heavy (non-hydrogen) atoms. The number of benzene rings is 1. The second kappa shape index (κ2) is 8.63. The van der Waals surface area contributed by atoms with Gasteiger partial charge in [0.05, 0.1) is 10.8 Å². The lowest BCUT2D eigenvalue weighted by molar-refractivity contribution is 0.0696.